The Kier molecular flexibility index (Phi) is 3.67. The molecule has 0 spiro atoms. The zero-order valence-electron chi connectivity index (χ0n) is 9.68. The fourth-order valence-corrected chi connectivity index (χ4v) is 1.80. The molecule has 1 aliphatic heterocycles. The third kappa shape index (κ3) is 2.71. The molecule has 0 unspecified atom stereocenters. The first-order valence-electron chi connectivity index (χ1n) is 5.41. The van der Waals surface area contributed by atoms with Crippen LogP contribution in [0.25, 0.3) is 0 Å². The minimum Gasteiger partial charge on any atom is -0.450 e. The Hall–Kier alpha value is -1.81. The van der Waals surface area contributed by atoms with Gasteiger partial charge in [-0.2, -0.15) is 0 Å². The second-order valence-corrected chi connectivity index (χ2v) is 4.30. The molecule has 0 N–H and O–H groups in total. The van der Waals surface area contributed by atoms with Crippen LogP contribution in [-0.4, -0.2) is 17.9 Å². The van der Waals surface area contributed by atoms with Gasteiger partial charge in [0, 0.05) is 6.42 Å². The van der Waals surface area contributed by atoms with Crippen LogP contribution >= 0.6 is 11.6 Å². The first-order chi connectivity index (χ1) is 8.58. The fourth-order valence-electron chi connectivity index (χ4n) is 1.57. The number of para-hydroxylation sites is 1. The summed E-state index contributed by atoms with van der Waals surface area (Å²) in [6.07, 6.45) is -0.665. The molecule has 1 atom stereocenters. The average molecular weight is 267 g/mol. The summed E-state index contributed by atoms with van der Waals surface area (Å²) in [7, 11) is 0. The van der Waals surface area contributed by atoms with E-state index in [-0.39, 0.29) is 23.0 Å². The topological polar surface area (TPSA) is 52.6 Å². The first kappa shape index (κ1) is 12.6. The lowest BCUT2D eigenvalue weighted by Crippen LogP contribution is -2.13. The summed E-state index contributed by atoms with van der Waals surface area (Å²) in [4.78, 5) is 22.6. The van der Waals surface area contributed by atoms with Crippen LogP contribution in [0.15, 0.2) is 41.1 Å². The molecule has 0 bridgehead atoms. The van der Waals surface area contributed by atoms with Gasteiger partial charge in [-0.1, -0.05) is 29.8 Å². The molecule has 18 heavy (non-hydrogen) atoms. The van der Waals surface area contributed by atoms with E-state index < -0.39 is 12.1 Å². The molecule has 0 saturated heterocycles. The standard InChI is InChI=1S/C13H11ClO4/c1-8(15)7-10-11(14)12(13(16)18-10)17-9-5-3-2-4-6-9/h2-6,10H,7H2,1H3/t10-/m1/s1. The van der Waals surface area contributed by atoms with Gasteiger partial charge in [0.25, 0.3) is 0 Å². The van der Waals surface area contributed by atoms with E-state index in [2.05, 4.69) is 0 Å². The maximum Gasteiger partial charge on any atom is 0.376 e. The molecule has 0 saturated carbocycles. The Morgan fingerprint density at radius 1 is 1.39 bits per heavy atom. The summed E-state index contributed by atoms with van der Waals surface area (Å²) in [6, 6.07) is 8.77. The van der Waals surface area contributed by atoms with Gasteiger partial charge in [0.05, 0.1) is 0 Å². The monoisotopic (exact) mass is 266 g/mol. The number of carbonyl (C=O) groups is 2. The number of cyclic esters (lactones) is 1. The predicted octanol–water partition coefficient (Wildman–Crippen LogP) is 2.42. The molecular formula is C13H11ClO4. The lowest BCUT2D eigenvalue weighted by Gasteiger charge is -2.05. The normalized spacial score (nSPS) is 18.8. The van der Waals surface area contributed by atoms with Gasteiger partial charge in [-0.3, -0.25) is 4.79 Å². The number of hydrogen-bond acceptors (Lipinski definition) is 4. The highest BCUT2D eigenvalue weighted by Gasteiger charge is 2.35. The molecule has 1 aromatic rings. The molecule has 94 valence electrons. The Labute approximate surface area is 109 Å². The van der Waals surface area contributed by atoms with E-state index in [0.29, 0.717) is 5.75 Å². The molecule has 0 aromatic heterocycles. The Morgan fingerprint density at radius 3 is 2.67 bits per heavy atom. The zero-order chi connectivity index (χ0) is 13.1. The van der Waals surface area contributed by atoms with Gasteiger partial charge < -0.3 is 9.47 Å². The smallest absolute Gasteiger partial charge is 0.376 e. The van der Waals surface area contributed by atoms with E-state index >= 15 is 0 Å². The van der Waals surface area contributed by atoms with Gasteiger partial charge in [0.2, 0.25) is 5.76 Å². The lowest BCUT2D eigenvalue weighted by atomic mass is 10.2. The number of halogens is 1. The Morgan fingerprint density at radius 2 is 2.06 bits per heavy atom. The predicted molar refractivity (Wildman–Crippen MR) is 65.1 cm³/mol. The number of Topliss-reactive ketones (excluding diaryl/α,β-unsaturated/α-hetero) is 1. The van der Waals surface area contributed by atoms with Crippen LogP contribution in [0.1, 0.15) is 13.3 Å². The average Bonchev–Trinajstić information content (AvgIpc) is 2.58. The number of benzene rings is 1. The lowest BCUT2D eigenvalue weighted by molar-refractivity contribution is -0.142. The SMILES string of the molecule is CC(=O)C[C@H]1OC(=O)C(Oc2ccccc2)=C1Cl. The van der Waals surface area contributed by atoms with Gasteiger partial charge >= 0.3 is 5.97 Å². The van der Waals surface area contributed by atoms with Gasteiger partial charge in [-0.15, -0.1) is 0 Å². The van der Waals surface area contributed by atoms with Gasteiger partial charge in [-0.05, 0) is 19.1 Å². The van der Waals surface area contributed by atoms with Crippen molar-refractivity contribution in [2.75, 3.05) is 0 Å². The van der Waals surface area contributed by atoms with E-state index in [9.17, 15) is 9.59 Å². The summed E-state index contributed by atoms with van der Waals surface area (Å²) in [6.45, 7) is 1.41. The summed E-state index contributed by atoms with van der Waals surface area (Å²) >= 11 is 5.99. The highest BCUT2D eigenvalue weighted by Crippen LogP contribution is 2.30. The number of rotatable bonds is 4. The molecular weight excluding hydrogens is 256 g/mol. The van der Waals surface area contributed by atoms with Crippen LogP contribution in [0.3, 0.4) is 0 Å². The van der Waals surface area contributed by atoms with Crippen molar-refractivity contribution >= 4 is 23.4 Å². The van der Waals surface area contributed by atoms with E-state index in [4.69, 9.17) is 21.1 Å². The molecule has 5 heteroatoms. The highest BCUT2D eigenvalue weighted by molar-refractivity contribution is 6.33. The van der Waals surface area contributed by atoms with Crippen molar-refractivity contribution in [1.29, 1.82) is 0 Å². The fraction of sp³-hybridized carbons (Fsp3) is 0.231. The molecule has 0 fully saturated rings. The molecule has 1 aliphatic rings. The largest absolute Gasteiger partial charge is 0.450 e. The molecule has 1 heterocycles. The first-order valence-corrected chi connectivity index (χ1v) is 5.78. The molecule has 0 aliphatic carbocycles. The minimum absolute atomic E-state index is 0.0471. The number of ketones is 1. The van der Waals surface area contributed by atoms with Crippen molar-refractivity contribution in [3.05, 3.63) is 41.1 Å². The van der Waals surface area contributed by atoms with E-state index in [0.717, 1.165) is 0 Å². The number of esters is 1. The molecule has 2 rings (SSSR count). The summed E-state index contributed by atoms with van der Waals surface area (Å²) < 4.78 is 10.4. The van der Waals surface area contributed by atoms with Crippen molar-refractivity contribution in [2.24, 2.45) is 0 Å². The molecule has 0 radical (unpaired) electrons. The van der Waals surface area contributed by atoms with Crippen LogP contribution < -0.4 is 4.74 Å². The second-order valence-electron chi connectivity index (χ2n) is 3.89. The van der Waals surface area contributed by atoms with E-state index in [1.54, 1.807) is 24.3 Å². The number of ether oxygens (including phenoxy) is 2. The Bertz CT molecular complexity index is 507. The van der Waals surface area contributed by atoms with Gasteiger partial charge in [-0.25, -0.2) is 4.79 Å². The number of hydrogen-bond donors (Lipinski definition) is 0. The maximum atomic E-state index is 11.6. The molecule has 0 amide bonds. The van der Waals surface area contributed by atoms with Crippen molar-refractivity contribution in [1.82, 2.24) is 0 Å². The van der Waals surface area contributed by atoms with Crippen LogP contribution in [-0.2, 0) is 14.3 Å². The summed E-state index contributed by atoms with van der Waals surface area (Å²) in [5.74, 6) is -0.304. The minimum atomic E-state index is -0.727. The van der Waals surface area contributed by atoms with Crippen molar-refractivity contribution in [2.45, 2.75) is 19.4 Å². The summed E-state index contributed by atoms with van der Waals surface area (Å²) in [5.41, 5.74) is 0. The van der Waals surface area contributed by atoms with E-state index in [1.165, 1.54) is 6.92 Å². The number of carbonyl (C=O) groups excluding carboxylic acids is 2. The van der Waals surface area contributed by atoms with Crippen LogP contribution in [0, 0.1) is 0 Å². The third-order valence-corrected chi connectivity index (χ3v) is 2.79. The van der Waals surface area contributed by atoms with Crippen LogP contribution in [0.2, 0.25) is 0 Å². The summed E-state index contributed by atoms with van der Waals surface area (Å²) in [5, 5.41) is 0.138. The van der Waals surface area contributed by atoms with Gasteiger partial charge in [0.1, 0.15) is 22.7 Å². The van der Waals surface area contributed by atoms with E-state index in [1.807, 2.05) is 6.07 Å². The second kappa shape index (κ2) is 5.23. The molecule has 4 nitrogen and oxygen atoms in total. The van der Waals surface area contributed by atoms with Crippen molar-refractivity contribution < 1.29 is 19.1 Å². The van der Waals surface area contributed by atoms with Gasteiger partial charge in [0.15, 0.2) is 0 Å². The highest BCUT2D eigenvalue weighted by atomic mass is 35.5. The quantitative estimate of drug-likeness (QED) is 0.786. The zero-order valence-corrected chi connectivity index (χ0v) is 10.4. The van der Waals surface area contributed by atoms with Crippen molar-refractivity contribution in [3.63, 3.8) is 0 Å². The third-order valence-electron chi connectivity index (χ3n) is 2.37. The maximum absolute atomic E-state index is 11.6. The van der Waals surface area contributed by atoms with Crippen LogP contribution in [0.4, 0.5) is 0 Å². The molecule has 1 aromatic carbocycles. The van der Waals surface area contributed by atoms with Crippen molar-refractivity contribution in [3.8, 4) is 5.75 Å². The Balaban J connectivity index is 2.18. The van der Waals surface area contributed by atoms with Crippen LogP contribution in [0.5, 0.6) is 5.75 Å².